The Hall–Kier alpha value is -2.13. The summed E-state index contributed by atoms with van der Waals surface area (Å²) >= 11 is 1.08. The van der Waals surface area contributed by atoms with Crippen LogP contribution in [0, 0.1) is 0 Å². The second-order valence-electron chi connectivity index (χ2n) is 5.32. The van der Waals surface area contributed by atoms with E-state index in [0.29, 0.717) is 0 Å². The maximum absolute atomic E-state index is 12.8. The Kier molecular flexibility index (Phi) is 5.79. The Labute approximate surface area is 144 Å². The molecule has 0 bridgehead atoms. The average Bonchev–Trinajstić information content (AvgIpc) is 3.20. The highest BCUT2D eigenvalue weighted by Gasteiger charge is 2.33. The van der Waals surface area contributed by atoms with Crippen LogP contribution < -0.4 is 10.6 Å². The summed E-state index contributed by atoms with van der Waals surface area (Å²) in [6, 6.07) is 6.02. The maximum Gasteiger partial charge on any atom is 0.309 e. The molecule has 0 aliphatic rings. The average molecular weight is 370 g/mol. The number of hydrogen-bond acceptors (Lipinski definition) is 6. The van der Waals surface area contributed by atoms with Gasteiger partial charge in [0, 0.05) is 12.6 Å². The SMILES string of the molecule is CC(C)NC(=O)C(=O)NCC(c1ccco1)S(=O)(=O)c1cccs1. The van der Waals surface area contributed by atoms with Gasteiger partial charge in [-0.05, 0) is 37.4 Å². The number of carbonyl (C=O) groups is 2. The lowest BCUT2D eigenvalue weighted by Gasteiger charge is -2.16. The predicted octanol–water partition coefficient (Wildman–Crippen LogP) is 1.50. The first-order valence-corrected chi connectivity index (χ1v) is 9.64. The van der Waals surface area contributed by atoms with Gasteiger partial charge in [0.25, 0.3) is 0 Å². The van der Waals surface area contributed by atoms with E-state index >= 15 is 0 Å². The second-order valence-corrected chi connectivity index (χ2v) is 8.62. The lowest BCUT2D eigenvalue weighted by atomic mass is 10.3. The first kappa shape index (κ1) is 18.2. The van der Waals surface area contributed by atoms with E-state index in [1.807, 2.05) is 0 Å². The molecule has 130 valence electrons. The van der Waals surface area contributed by atoms with E-state index in [-0.39, 0.29) is 22.6 Å². The van der Waals surface area contributed by atoms with E-state index in [0.717, 1.165) is 11.3 Å². The molecule has 0 saturated carbocycles. The third kappa shape index (κ3) is 4.24. The summed E-state index contributed by atoms with van der Waals surface area (Å²) in [5.41, 5.74) is 0. The van der Waals surface area contributed by atoms with Crippen LogP contribution in [-0.2, 0) is 19.4 Å². The Bertz CT molecular complexity index is 780. The summed E-state index contributed by atoms with van der Waals surface area (Å²) in [7, 11) is -3.75. The molecule has 2 rings (SSSR count). The number of carbonyl (C=O) groups excluding carboxylic acids is 2. The third-order valence-corrected chi connectivity index (χ3v) is 6.58. The van der Waals surface area contributed by atoms with Gasteiger partial charge < -0.3 is 15.1 Å². The number of sulfone groups is 1. The first-order valence-electron chi connectivity index (χ1n) is 7.22. The molecular weight excluding hydrogens is 352 g/mol. The van der Waals surface area contributed by atoms with E-state index in [4.69, 9.17) is 4.42 Å². The summed E-state index contributed by atoms with van der Waals surface area (Å²) < 4.78 is 30.9. The van der Waals surface area contributed by atoms with Gasteiger partial charge in [-0.15, -0.1) is 11.3 Å². The molecule has 0 aromatic carbocycles. The van der Waals surface area contributed by atoms with Gasteiger partial charge in [0.05, 0.1) is 6.26 Å². The maximum atomic E-state index is 12.8. The Morgan fingerprint density at radius 1 is 1.21 bits per heavy atom. The molecule has 2 amide bonds. The van der Waals surface area contributed by atoms with Gasteiger partial charge in [-0.3, -0.25) is 9.59 Å². The van der Waals surface area contributed by atoms with Crippen molar-refractivity contribution in [3.05, 3.63) is 41.7 Å². The van der Waals surface area contributed by atoms with Crippen LogP contribution >= 0.6 is 11.3 Å². The summed E-state index contributed by atoms with van der Waals surface area (Å²) in [5.74, 6) is -1.49. The van der Waals surface area contributed by atoms with Crippen molar-refractivity contribution in [2.24, 2.45) is 0 Å². The molecule has 0 radical (unpaired) electrons. The van der Waals surface area contributed by atoms with Gasteiger partial charge in [0.1, 0.15) is 15.2 Å². The summed E-state index contributed by atoms with van der Waals surface area (Å²) in [4.78, 5) is 23.5. The molecule has 2 aromatic heterocycles. The van der Waals surface area contributed by atoms with Crippen LogP contribution in [-0.4, -0.2) is 32.8 Å². The highest BCUT2D eigenvalue weighted by Crippen LogP contribution is 2.31. The highest BCUT2D eigenvalue weighted by atomic mass is 32.2. The zero-order valence-corrected chi connectivity index (χ0v) is 14.8. The number of thiophene rings is 1. The molecular formula is C15H18N2O5S2. The second kappa shape index (κ2) is 7.63. The quantitative estimate of drug-likeness (QED) is 0.750. The smallest absolute Gasteiger partial charge is 0.309 e. The third-order valence-electron chi connectivity index (χ3n) is 3.08. The van der Waals surface area contributed by atoms with Gasteiger partial charge >= 0.3 is 11.8 Å². The van der Waals surface area contributed by atoms with Crippen LogP contribution in [0.2, 0.25) is 0 Å². The van der Waals surface area contributed by atoms with E-state index in [1.165, 1.54) is 18.4 Å². The monoisotopic (exact) mass is 370 g/mol. The number of hydrogen-bond donors (Lipinski definition) is 2. The lowest BCUT2D eigenvalue weighted by molar-refractivity contribution is -0.139. The van der Waals surface area contributed by atoms with Crippen molar-refractivity contribution in [3.63, 3.8) is 0 Å². The van der Waals surface area contributed by atoms with Crippen molar-refractivity contribution >= 4 is 33.0 Å². The Balaban J connectivity index is 2.17. The van der Waals surface area contributed by atoms with Crippen LogP contribution in [0.5, 0.6) is 0 Å². The van der Waals surface area contributed by atoms with Crippen molar-refractivity contribution < 1.29 is 22.4 Å². The van der Waals surface area contributed by atoms with Crippen molar-refractivity contribution in [2.45, 2.75) is 29.3 Å². The van der Waals surface area contributed by atoms with Crippen LogP contribution in [0.3, 0.4) is 0 Å². The standard InChI is InChI=1S/C15H18N2O5S2/c1-10(2)17-15(19)14(18)16-9-12(11-5-3-7-22-11)24(20,21)13-6-4-8-23-13/h3-8,10,12H,9H2,1-2H3,(H,16,18)(H,17,19). The van der Waals surface area contributed by atoms with Crippen LogP contribution in [0.25, 0.3) is 0 Å². The highest BCUT2D eigenvalue weighted by molar-refractivity contribution is 7.93. The van der Waals surface area contributed by atoms with Crippen molar-refractivity contribution in [1.29, 1.82) is 0 Å². The van der Waals surface area contributed by atoms with E-state index in [2.05, 4.69) is 10.6 Å². The fourth-order valence-electron chi connectivity index (χ4n) is 2.00. The molecule has 2 N–H and O–H groups in total. The molecule has 0 saturated heterocycles. The molecule has 9 heteroatoms. The van der Waals surface area contributed by atoms with E-state index in [9.17, 15) is 18.0 Å². The molecule has 2 heterocycles. The predicted molar refractivity (Wildman–Crippen MR) is 89.2 cm³/mol. The van der Waals surface area contributed by atoms with Gasteiger partial charge in [0.15, 0.2) is 9.84 Å². The first-order chi connectivity index (χ1) is 11.3. The zero-order chi connectivity index (χ0) is 17.7. The molecule has 24 heavy (non-hydrogen) atoms. The summed E-state index contributed by atoms with van der Waals surface area (Å²) in [5, 5.41) is 5.35. The van der Waals surface area contributed by atoms with Crippen LogP contribution in [0.15, 0.2) is 44.5 Å². The molecule has 0 spiro atoms. The number of nitrogens with one attached hydrogen (secondary N) is 2. The molecule has 1 unspecified atom stereocenters. The fourth-order valence-corrected chi connectivity index (χ4v) is 4.79. The van der Waals surface area contributed by atoms with E-state index in [1.54, 1.807) is 31.4 Å². The van der Waals surface area contributed by atoms with E-state index < -0.39 is 26.9 Å². The molecule has 0 aliphatic carbocycles. The Morgan fingerprint density at radius 3 is 2.50 bits per heavy atom. The Morgan fingerprint density at radius 2 is 1.96 bits per heavy atom. The van der Waals surface area contributed by atoms with Crippen molar-refractivity contribution in [1.82, 2.24) is 10.6 Å². The van der Waals surface area contributed by atoms with Gasteiger partial charge in [-0.2, -0.15) is 0 Å². The molecule has 2 aromatic rings. The number of amides is 2. The largest absolute Gasteiger partial charge is 0.468 e. The zero-order valence-electron chi connectivity index (χ0n) is 13.2. The molecule has 0 fully saturated rings. The van der Waals surface area contributed by atoms with Crippen molar-refractivity contribution in [3.8, 4) is 0 Å². The topological polar surface area (TPSA) is 105 Å². The van der Waals surface area contributed by atoms with Gasteiger partial charge in [-0.1, -0.05) is 6.07 Å². The molecule has 1 atom stereocenters. The summed E-state index contributed by atoms with van der Waals surface area (Å²) in [6.45, 7) is 3.17. The van der Waals surface area contributed by atoms with Crippen molar-refractivity contribution in [2.75, 3.05) is 6.54 Å². The van der Waals surface area contributed by atoms with Gasteiger partial charge in [-0.25, -0.2) is 8.42 Å². The van der Waals surface area contributed by atoms with Gasteiger partial charge in [0.2, 0.25) is 0 Å². The number of furan rings is 1. The van der Waals surface area contributed by atoms with Crippen LogP contribution in [0.4, 0.5) is 0 Å². The minimum absolute atomic E-state index is 0.171. The normalized spacial score (nSPS) is 12.8. The molecule has 0 aliphatic heterocycles. The lowest BCUT2D eigenvalue weighted by Crippen LogP contribution is -2.44. The fraction of sp³-hybridized carbons (Fsp3) is 0.333. The molecule has 7 nitrogen and oxygen atoms in total. The number of rotatable bonds is 6. The van der Waals surface area contributed by atoms with Crippen LogP contribution in [0.1, 0.15) is 24.9 Å². The summed E-state index contributed by atoms with van der Waals surface area (Å²) in [6.07, 6.45) is 1.36. The minimum Gasteiger partial charge on any atom is -0.468 e. The minimum atomic E-state index is -3.75.